The molecule has 0 spiro atoms. The Morgan fingerprint density at radius 1 is 1.28 bits per heavy atom. The third-order valence-electron chi connectivity index (χ3n) is 5.99. The van der Waals surface area contributed by atoms with Crippen LogP contribution in [-0.4, -0.2) is 67.7 Å². The summed E-state index contributed by atoms with van der Waals surface area (Å²) in [5, 5.41) is 22.0. The molecule has 1 fully saturated rings. The third kappa shape index (κ3) is 4.67. The van der Waals surface area contributed by atoms with E-state index in [-0.39, 0.29) is 57.4 Å². The van der Waals surface area contributed by atoms with Crippen LogP contribution in [-0.2, 0) is 4.79 Å². The Hall–Kier alpha value is -3.09. The Kier molecular flexibility index (Phi) is 7.57. The van der Waals surface area contributed by atoms with Gasteiger partial charge in [-0.05, 0) is 18.6 Å². The lowest BCUT2D eigenvalue weighted by molar-refractivity contribution is -0.118. The number of nitrogens with zero attached hydrogens (tertiary/aromatic N) is 4. The van der Waals surface area contributed by atoms with Crippen molar-refractivity contribution in [2.24, 2.45) is 5.92 Å². The van der Waals surface area contributed by atoms with E-state index in [9.17, 15) is 19.8 Å². The molecule has 0 aliphatic carbocycles. The second kappa shape index (κ2) is 10.5. The van der Waals surface area contributed by atoms with E-state index in [1.54, 1.807) is 30.8 Å². The van der Waals surface area contributed by atoms with Crippen molar-refractivity contribution in [3.8, 4) is 11.5 Å². The van der Waals surface area contributed by atoms with Crippen LogP contribution in [0.25, 0.3) is 11.2 Å². The number of thioether (sulfide) groups is 1. The molecule has 3 aromatic rings. The molecular formula is C23H26ClN5O6S. The van der Waals surface area contributed by atoms with Crippen molar-refractivity contribution in [3.05, 3.63) is 34.7 Å². The summed E-state index contributed by atoms with van der Waals surface area (Å²) in [6.45, 7) is 3.42. The fourth-order valence-corrected chi connectivity index (χ4v) is 6.00. The topological polar surface area (TPSA) is 149 Å². The predicted octanol–water partition coefficient (Wildman–Crippen LogP) is 3.57. The molecule has 0 radical (unpaired) electrons. The maximum atomic E-state index is 12.2. The maximum absolute atomic E-state index is 12.2. The summed E-state index contributed by atoms with van der Waals surface area (Å²) in [6, 6.07) is 3.04. The zero-order chi connectivity index (χ0) is 26.1. The minimum Gasteiger partial charge on any atom is -0.496 e. The summed E-state index contributed by atoms with van der Waals surface area (Å²) < 4.78 is 13.0. The summed E-state index contributed by atoms with van der Waals surface area (Å²) in [5.41, 5.74) is 1.32. The number of hydrogen-bond donors (Lipinski definition) is 3. The largest absolute Gasteiger partial charge is 0.496 e. The number of fused-ring (bicyclic) bond motifs is 1. The standard InChI is InChI=1S/C23H26ClN5O6S/c1-10(2)20(31)28-23-26-18(24)16-19(27-23)29(9-25-16)21-13(7-11(8-30)36-21)15-14(34-3)6-5-12(22(32)33)17(15)35-4/h5-6,9-11,13,21,30H,7-8H2,1-4H3,(H,32,33)(H,26,27,28,31)/t11-,13+,21+/m0/s1. The van der Waals surface area contributed by atoms with Crippen LogP contribution in [0, 0.1) is 5.92 Å². The number of rotatable bonds is 8. The molecule has 1 aliphatic heterocycles. The first kappa shape index (κ1) is 26.0. The van der Waals surface area contributed by atoms with Gasteiger partial charge in [0.05, 0.1) is 32.5 Å². The van der Waals surface area contributed by atoms with Gasteiger partial charge in [0.15, 0.2) is 10.8 Å². The first-order valence-electron chi connectivity index (χ1n) is 11.2. The average molecular weight is 536 g/mol. The fourth-order valence-electron chi connectivity index (χ4n) is 4.26. The first-order valence-corrected chi connectivity index (χ1v) is 12.5. The molecule has 0 saturated carbocycles. The molecular weight excluding hydrogens is 510 g/mol. The van der Waals surface area contributed by atoms with Crippen molar-refractivity contribution in [2.45, 2.75) is 36.8 Å². The monoisotopic (exact) mass is 535 g/mol. The van der Waals surface area contributed by atoms with Crippen LogP contribution in [0.2, 0.25) is 5.15 Å². The molecule has 192 valence electrons. The molecule has 11 nitrogen and oxygen atoms in total. The quantitative estimate of drug-likeness (QED) is 0.365. The van der Waals surface area contributed by atoms with Gasteiger partial charge >= 0.3 is 5.97 Å². The van der Waals surface area contributed by atoms with E-state index in [1.165, 1.54) is 32.0 Å². The number of aliphatic hydroxyl groups is 1. The smallest absolute Gasteiger partial charge is 0.339 e. The van der Waals surface area contributed by atoms with Gasteiger partial charge in [0.1, 0.15) is 22.6 Å². The molecule has 36 heavy (non-hydrogen) atoms. The molecule has 1 amide bonds. The van der Waals surface area contributed by atoms with Crippen molar-refractivity contribution < 1.29 is 29.3 Å². The summed E-state index contributed by atoms with van der Waals surface area (Å²) in [4.78, 5) is 37.2. The molecule has 3 N–H and O–H groups in total. The molecule has 0 bridgehead atoms. The number of hydrogen-bond acceptors (Lipinski definition) is 9. The van der Waals surface area contributed by atoms with Crippen LogP contribution in [0.1, 0.15) is 47.5 Å². The molecule has 1 aliphatic rings. The van der Waals surface area contributed by atoms with Gasteiger partial charge in [-0.1, -0.05) is 25.4 Å². The molecule has 3 heterocycles. The van der Waals surface area contributed by atoms with Gasteiger partial charge in [-0.25, -0.2) is 9.78 Å². The summed E-state index contributed by atoms with van der Waals surface area (Å²) in [7, 11) is 2.91. The summed E-state index contributed by atoms with van der Waals surface area (Å²) >= 11 is 7.87. The number of anilines is 1. The van der Waals surface area contributed by atoms with Crippen LogP contribution in [0.4, 0.5) is 5.95 Å². The van der Waals surface area contributed by atoms with E-state index < -0.39 is 5.97 Å². The molecule has 3 atom stereocenters. The first-order chi connectivity index (χ1) is 17.2. The molecule has 0 unspecified atom stereocenters. The lowest BCUT2D eigenvalue weighted by Gasteiger charge is -2.25. The number of benzene rings is 1. The number of aromatic nitrogens is 4. The highest BCUT2D eigenvalue weighted by Gasteiger charge is 2.41. The van der Waals surface area contributed by atoms with Gasteiger partial charge in [0.2, 0.25) is 11.9 Å². The van der Waals surface area contributed by atoms with Crippen molar-refractivity contribution in [1.82, 2.24) is 19.5 Å². The molecule has 1 aromatic carbocycles. The van der Waals surface area contributed by atoms with Gasteiger partial charge in [0.25, 0.3) is 0 Å². The number of ether oxygens (including phenoxy) is 2. The number of halogens is 1. The normalized spacial score (nSPS) is 19.6. The number of imidazole rings is 1. The predicted molar refractivity (Wildman–Crippen MR) is 135 cm³/mol. The van der Waals surface area contributed by atoms with Crippen LogP contribution in [0.5, 0.6) is 11.5 Å². The number of carbonyl (C=O) groups is 2. The lowest BCUT2D eigenvalue weighted by Crippen LogP contribution is -2.20. The number of carbonyl (C=O) groups excluding carboxylic acids is 1. The van der Waals surface area contributed by atoms with Crippen LogP contribution in [0.15, 0.2) is 18.5 Å². The zero-order valence-electron chi connectivity index (χ0n) is 20.1. The Morgan fingerprint density at radius 3 is 2.64 bits per heavy atom. The molecule has 13 heteroatoms. The molecule has 2 aromatic heterocycles. The highest BCUT2D eigenvalue weighted by Crippen LogP contribution is 2.56. The second-order valence-corrected chi connectivity index (χ2v) is 10.3. The van der Waals surface area contributed by atoms with Crippen molar-refractivity contribution >= 4 is 52.4 Å². The zero-order valence-corrected chi connectivity index (χ0v) is 21.6. The van der Waals surface area contributed by atoms with Crippen LogP contribution >= 0.6 is 23.4 Å². The second-order valence-electron chi connectivity index (χ2n) is 8.55. The van der Waals surface area contributed by atoms with Crippen molar-refractivity contribution in [2.75, 3.05) is 26.1 Å². The highest BCUT2D eigenvalue weighted by atomic mass is 35.5. The molecule has 1 saturated heterocycles. The van der Waals surface area contributed by atoms with Gasteiger partial charge in [-0.2, -0.15) is 9.97 Å². The maximum Gasteiger partial charge on any atom is 0.339 e. The number of aliphatic hydroxyl groups excluding tert-OH is 1. The SMILES string of the molecule is COc1ccc(C(=O)O)c(OC)c1[C@H]1C[C@@H](CO)S[C@H]1n1cnc2c(Cl)nc(NC(=O)C(C)C)nc21. The van der Waals surface area contributed by atoms with E-state index in [0.717, 1.165) is 0 Å². The average Bonchev–Trinajstić information content (AvgIpc) is 3.46. The minimum atomic E-state index is -1.13. The Morgan fingerprint density at radius 2 is 2.03 bits per heavy atom. The minimum absolute atomic E-state index is 0.00374. The van der Waals surface area contributed by atoms with E-state index in [2.05, 4.69) is 20.3 Å². The number of carboxylic acids is 1. The van der Waals surface area contributed by atoms with Gasteiger partial charge < -0.3 is 24.3 Å². The van der Waals surface area contributed by atoms with E-state index in [4.69, 9.17) is 21.1 Å². The van der Waals surface area contributed by atoms with Crippen LogP contribution < -0.4 is 14.8 Å². The van der Waals surface area contributed by atoms with E-state index >= 15 is 0 Å². The van der Waals surface area contributed by atoms with E-state index in [0.29, 0.717) is 28.9 Å². The van der Waals surface area contributed by atoms with Gasteiger partial charge in [-0.15, -0.1) is 11.8 Å². The van der Waals surface area contributed by atoms with Crippen molar-refractivity contribution in [1.29, 1.82) is 0 Å². The van der Waals surface area contributed by atoms with Gasteiger partial charge in [-0.3, -0.25) is 10.1 Å². The Labute approximate surface area is 216 Å². The number of nitrogens with one attached hydrogen (secondary N) is 1. The summed E-state index contributed by atoms with van der Waals surface area (Å²) in [6.07, 6.45) is 2.08. The van der Waals surface area contributed by atoms with E-state index in [1.807, 2.05) is 0 Å². The Balaban J connectivity index is 1.87. The van der Waals surface area contributed by atoms with Crippen molar-refractivity contribution in [3.63, 3.8) is 0 Å². The molecule has 4 rings (SSSR count). The number of methoxy groups -OCH3 is 2. The van der Waals surface area contributed by atoms with Gasteiger partial charge in [0, 0.05) is 22.6 Å². The highest BCUT2D eigenvalue weighted by molar-refractivity contribution is 8.00. The van der Waals surface area contributed by atoms with Crippen LogP contribution in [0.3, 0.4) is 0 Å². The Bertz CT molecular complexity index is 1320. The number of aromatic carboxylic acids is 1. The number of amides is 1. The third-order valence-corrected chi connectivity index (χ3v) is 7.81. The fraction of sp³-hybridized carbons (Fsp3) is 0.435. The lowest BCUT2D eigenvalue weighted by atomic mass is 9.90. The summed E-state index contributed by atoms with van der Waals surface area (Å²) in [5.74, 6) is -1.30. The number of carboxylic acid groups (broad SMARTS) is 1.